The molecule has 1 heterocycles. The maximum Gasteiger partial charge on any atom is 0.416 e. The summed E-state index contributed by atoms with van der Waals surface area (Å²) in [5.74, 6) is -1.33. The predicted octanol–water partition coefficient (Wildman–Crippen LogP) is 5.84. The molecule has 3 aromatic rings. The van der Waals surface area contributed by atoms with E-state index < -0.39 is 40.8 Å². The van der Waals surface area contributed by atoms with E-state index in [4.69, 9.17) is 4.52 Å². The fraction of sp³-hybridized carbons (Fsp3) is 0.190. The lowest BCUT2D eigenvalue weighted by Gasteiger charge is -2.14. The summed E-state index contributed by atoms with van der Waals surface area (Å²) in [5, 5.41) is 16.7. The number of hydrazone groups is 1. The first-order valence-electron chi connectivity index (χ1n) is 9.22. The Bertz CT molecular complexity index is 1150. The van der Waals surface area contributed by atoms with Crippen LogP contribution < -0.4 is 5.43 Å². The number of nitrogens with one attached hydrogen (secondary N) is 1. The van der Waals surface area contributed by atoms with E-state index >= 15 is 0 Å². The molecule has 2 N–H and O–H groups in total. The third kappa shape index (κ3) is 5.70. The molecule has 0 aliphatic carbocycles. The van der Waals surface area contributed by atoms with Crippen molar-refractivity contribution < 1.29 is 40.8 Å². The molecule has 0 saturated heterocycles. The second kappa shape index (κ2) is 8.96. The molecule has 174 valence electrons. The number of benzene rings is 2. The van der Waals surface area contributed by atoms with E-state index in [0.29, 0.717) is 12.1 Å². The van der Waals surface area contributed by atoms with E-state index in [0.717, 1.165) is 5.56 Å². The first-order chi connectivity index (χ1) is 15.4. The summed E-state index contributed by atoms with van der Waals surface area (Å²) in [5.41, 5.74) is -1.34. The Hall–Kier alpha value is -3.83. The largest absolute Gasteiger partial charge is 0.476 e. The Labute approximate surface area is 182 Å². The number of rotatable bonds is 6. The van der Waals surface area contributed by atoms with Crippen LogP contribution in [0.1, 0.15) is 45.4 Å². The van der Waals surface area contributed by atoms with Crippen LogP contribution in [-0.4, -0.2) is 21.9 Å². The molecule has 0 aliphatic heterocycles. The van der Waals surface area contributed by atoms with Crippen molar-refractivity contribution in [3.63, 3.8) is 0 Å². The summed E-state index contributed by atoms with van der Waals surface area (Å²) >= 11 is 0. The lowest BCUT2D eigenvalue weighted by molar-refractivity contribution is -0.143. The maximum absolute atomic E-state index is 13.0. The smallest absolute Gasteiger partial charge is 0.416 e. The van der Waals surface area contributed by atoms with Gasteiger partial charge in [-0.1, -0.05) is 35.5 Å². The molecule has 0 fully saturated rings. The quantitative estimate of drug-likeness (QED) is 0.268. The highest BCUT2D eigenvalue weighted by molar-refractivity contribution is 6.07. The second-order valence-corrected chi connectivity index (χ2v) is 6.90. The fourth-order valence-corrected chi connectivity index (χ4v) is 2.97. The van der Waals surface area contributed by atoms with Gasteiger partial charge in [0.25, 0.3) is 0 Å². The van der Waals surface area contributed by atoms with Crippen molar-refractivity contribution in [1.29, 1.82) is 0 Å². The minimum Gasteiger partial charge on any atom is -0.476 e. The van der Waals surface area contributed by atoms with Gasteiger partial charge >= 0.3 is 18.3 Å². The molecule has 3 rings (SSSR count). The molecule has 12 heteroatoms. The molecule has 33 heavy (non-hydrogen) atoms. The van der Waals surface area contributed by atoms with Crippen molar-refractivity contribution in [2.24, 2.45) is 5.10 Å². The first kappa shape index (κ1) is 23.8. The highest BCUT2D eigenvalue weighted by atomic mass is 19.4. The van der Waals surface area contributed by atoms with Gasteiger partial charge in [0.05, 0.1) is 28.1 Å². The van der Waals surface area contributed by atoms with Crippen LogP contribution in [0.25, 0.3) is 0 Å². The first-order valence-corrected chi connectivity index (χ1v) is 9.22. The summed E-state index contributed by atoms with van der Waals surface area (Å²) in [6.45, 7) is 1.32. The fourth-order valence-electron chi connectivity index (χ4n) is 2.97. The molecule has 0 atom stereocenters. The van der Waals surface area contributed by atoms with Gasteiger partial charge in [-0.3, -0.25) is 5.43 Å². The van der Waals surface area contributed by atoms with Gasteiger partial charge in [-0.2, -0.15) is 31.4 Å². The highest BCUT2D eigenvalue weighted by Gasteiger charge is 2.37. The topological polar surface area (TPSA) is 87.7 Å². The number of halogens is 6. The van der Waals surface area contributed by atoms with Crippen molar-refractivity contribution in [1.82, 2.24) is 5.16 Å². The van der Waals surface area contributed by atoms with Crippen molar-refractivity contribution in [2.75, 3.05) is 5.43 Å². The van der Waals surface area contributed by atoms with Gasteiger partial charge in [0.2, 0.25) is 5.69 Å². The Morgan fingerprint density at radius 1 is 1.03 bits per heavy atom. The van der Waals surface area contributed by atoms with Crippen molar-refractivity contribution in [3.05, 3.63) is 82.2 Å². The number of carboxylic acids is 1. The molecule has 0 radical (unpaired) electrons. The van der Waals surface area contributed by atoms with Gasteiger partial charge in [-0.05, 0) is 30.7 Å². The maximum atomic E-state index is 13.0. The summed E-state index contributed by atoms with van der Waals surface area (Å²) in [6, 6.07) is 9.68. The number of carbonyl (C=O) groups is 1. The van der Waals surface area contributed by atoms with Crippen LogP contribution >= 0.6 is 0 Å². The number of nitrogens with zero attached hydrogens (tertiary/aromatic N) is 2. The average Bonchev–Trinajstić information content (AvgIpc) is 3.15. The van der Waals surface area contributed by atoms with Gasteiger partial charge in [-0.15, -0.1) is 0 Å². The van der Waals surface area contributed by atoms with Gasteiger partial charge in [0.15, 0.2) is 5.76 Å². The zero-order valence-corrected chi connectivity index (χ0v) is 16.8. The van der Waals surface area contributed by atoms with Crippen molar-refractivity contribution in [2.45, 2.75) is 25.7 Å². The summed E-state index contributed by atoms with van der Waals surface area (Å²) in [6.07, 6.45) is -9.92. The molecule has 2 aromatic carbocycles. The number of hydrogen-bond acceptors (Lipinski definition) is 5. The average molecular weight is 471 g/mol. The Balaban J connectivity index is 1.99. The number of aromatic nitrogens is 1. The minimum atomic E-state index is -5.02. The zero-order valence-electron chi connectivity index (χ0n) is 16.8. The number of aromatic carboxylic acids is 1. The molecule has 0 amide bonds. The SMILES string of the molecule is C/C(=N\Nc1cc(C(F)(F)F)cc(C(F)(F)F)c1)c1c(C(=O)O)noc1Cc1ccccc1. The second-order valence-electron chi connectivity index (χ2n) is 6.90. The predicted molar refractivity (Wildman–Crippen MR) is 105 cm³/mol. The highest BCUT2D eigenvalue weighted by Crippen LogP contribution is 2.37. The van der Waals surface area contributed by atoms with Gasteiger partial charge < -0.3 is 9.63 Å². The molecule has 0 spiro atoms. The Kier molecular flexibility index (Phi) is 6.47. The summed E-state index contributed by atoms with van der Waals surface area (Å²) in [7, 11) is 0. The number of alkyl halides is 6. The van der Waals surface area contributed by atoms with Crippen LogP contribution in [0.15, 0.2) is 58.2 Å². The summed E-state index contributed by atoms with van der Waals surface area (Å²) in [4.78, 5) is 11.5. The standard InChI is InChI=1S/C21H15F6N3O3/c1-11(17-16(33-30-18(17)19(31)32)7-12-5-3-2-4-6-12)28-29-15-9-13(20(22,23)24)8-14(10-15)21(25,26)27/h2-6,8-10,29H,7H2,1H3,(H,31,32)/b28-11+. The van der Waals surface area contributed by atoms with E-state index in [2.05, 4.69) is 15.7 Å². The van der Waals surface area contributed by atoms with E-state index in [1.54, 1.807) is 30.3 Å². The van der Waals surface area contributed by atoms with Crippen LogP contribution in [0.3, 0.4) is 0 Å². The van der Waals surface area contributed by atoms with E-state index in [-0.39, 0.29) is 29.5 Å². The molecule has 6 nitrogen and oxygen atoms in total. The zero-order chi connectivity index (χ0) is 24.4. The molecular weight excluding hydrogens is 456 g/mol. The molecular formula is C21H15F6N3O3. The van der Waals surface area contributed by atoms with E-state index in [1.165, 1.54) is 6.92 Å². The lowest BCUT2D eigenvalue weighted by Crippen LogP contribution is -2.12. The number of anilines is 1. The molecule has 0 saturated carbocycles. The van der Waals surface area contributed by atoms with Crippen LogP contribution in [0.2, 0.25) is 0 Å². The normalized spacial score (nSPS) is 12.6. The summed E-state index contributed by atoms with van der Waals surface area (Å²) < 4.78 is 83.4. The number of hydrogen-bond donors (Lipinski definition) is 2. The van der Waals surface area contributed by atoms with Gasteiger partial charge in [-0.25, -0.2) is 4.79 Å². The molecule has 0 unspecified atom stereocenters. The third-order valence-electron chi connectivity index (χ3n) is 4.48. The van der Waals surface area contributed by atoms with Crippen LogP contribution in [0.5, 0.6) is 0 Å². The van der Waals surface area contributed by atoms with Gasteiger partial charge in [0.1, 0.15) is 0 Å². The Morgan fingerprint density at radius 3 is 2.12 bits per heavy atom. The molecule has 1 aromatic heterocycles. The van der Waals surface area contributed by atoms with Crippen molar-refractivity contribution in [3.8, 4) is 0 Å². The lowest BCUT2D eigenvalue weighted by atomic mass is 10.0. The van der Waals surface area contributed by atoms with E-state index in [9.17, 15) is 36.2 Å². The number of carboxylic acid groups (broad SMARTS) is 1. The van der Waals surface area contributed by atoms with Crippen LogP contribution in [0.4, 0.5) is 32.0 Å². The molecule has 0 aliphatic rings. The van der Waals surface area contributed by atoms with Crippen LogP contribution in [-0.2, 0) is 18.8 Å². The van der Waals surface area contributed by atoms with Crippen molar-refractivity contribution >= 4 is 17.4 Å². The van der Waals surface area contributed by atoms with Crippen LogP contribution in [0, 0.1) is 0 Å². The minimum absolute atomic E-state index is 0.0117. The Morgan fingerprint density at radius 2 is 1.61 bits per heavy atom. The van der Waals surface area contributed by atoms with Gasteiger partial charge in [0, 0.05) is 6.42 Å². The monoisotopic (exact) mass is 471 g/mol. The van der Waals surface area contributed by atoms with E-state index in [1.807, 2.05) is 0 Å². The third-order valence-corrected chi connectivity index (χ3v) is 4.48. The molecule has 0 bridgehead atoms.